The Balaban J connectivity index is 1.58. The molecule has 2 aromatic heterocycles. The minimum absolute atomic E-state index is 0.0986. The van der Waals surface area contributed by atoms with Crippen LogP contribution in [0.15, 0.2) is 78.9 Å². The number of aromatic nitrogens is 4. The van der Waals surface area contributed by atoms with Gasteiger partial charge in [0.15, 0.2) is 0 Å². The summed E-state index contributed by atoms with van der Waals surface area (Å²) in [4.78, 5) is 8.22. The third kappa shape index (κ3) is 3.59. The zero-order valence-corrected chi connectivity index (χ0v) is 20.6. The first-order valence-corrected chi connectivity index (χ1v) is 12.5. The maximum atomic E-state index is 15.0. The van der Waals surface area contributed by atoms with Crippen molar-refractivity contribution < 1.29 is 9.50 Å². The fraction of sp³-hybridized carbons (Fsp3) is 0.267. The van der Waals surface area contributed by atoms with E-state index in [0.717, 1.165) is 34.5 Å². The van der Waals surface area contributed by atoms with E-state index < -0.39 is 11.5 Å². The Labute approximate surface area is 214 Å². The molecule has 4 aromatic rings. The molecule has 0 saturated heterocycles. The summed E-state index contributed by atoms with van der Waals surface area (Å²) in [5, 5.41) is 25.6. The van der Waals surface area contributed by atoms with Crippen molar-refractivity contribution in [2.45, 2.75) is 38.2 Å². The van der Waals surface area contributed by atoms with Crippen LogP contribution in [-0.4, -0.2) is 31.0 Å². The maximum absolute atomic E-state index is 15.0. The fourth-order valence-corrected chi connectivity index (χ4v) is 6.31. The Hall–Kier alpha value is -4.15. The SMILES string of the molecule is C[C@H]1C(O)C(C#N)=C[C@@]2(C)c3c(c(-c4ccccc4F)nn3-c3ccc(-c4cncnc4)cc3)CC[C@H]12. The number of rotatable bonds is 3. The molecular weight excluding hydrogens is 465 g/mol. The number of fused-ring (bicyclic) bond motifs is 3. The average Bonchev–Trinajstić information content (AvgIpc) is 3.32. The summed E-state index contributed by atoms with van der Waals surface area (Å²) >= 11 is 0. The van der Waals surface area contributed by atoms with Crippen LogP contribution in [0.5, 0.6) is 0 Å². The Morgan fingerprint density at radius 2 is 1.81 bits per heavy atom. The van der Waals surface area contributed by atoms with Gasteiger partial charge in [0.1, 0.15) is 12.1 Å². The number of halogens is 1. The molecule has 0 saturated carbocycles. The van der Waals surface area contributed by atoms with Crippen LogP contribution in [0.25, 0.3) is 28.1 Å². The Morgan fingerprint density at radius 3 is 2.51 bits per heavy atom. The molecule has 2 aliphatic rings. The smallest absolute Gasteiger partial charge is 0.132 e. The van der Waals surface area contributed by atoms with Gasteiger partial charge < -0.3 is 5.11 Å². The molecule has 2 aliphatic carbocycles. The van der Waals surface area contributed by atoms with Gasteiger partial charge in [-0.05, 0) is 54.5 Å². The van der Waals surface area contributed by atoms with Crippen molar-refractivity contribution >= 4 is 0 Å². The largest absolute Gasteiger partial charge is 0.387 e. The van der Waals surface area contributed by atoms with Crippen LogP contribution in [0, 0.1) is 29.0 Å². The highest BCUT2D eigenvalue weighted by atomic mass is 19.1. The number of hydrogen-bond acceptors (Lipinski definition) is 5. The molecule has 1 unspecified atom stereocenters. The summed E-state index contributed by atoms with van der Waals surface area (Å²) in [5.74, 6) is -0.308. The Morgan fingerprint density at radius 1 is 1.08 bits per heavy atom. The summed E-state index contributed by atoms with van der Waals surface area (Å²) in [6.45, 7) is 4.13. The van der Waals surface area contributed by atoms with E-state index in [-0.39, 0.29) is 17.7 Å². The third-order valence-corrected chi connectivity index (χ3v) is 8.14. The van der Waals surface area contributed by atoms with E-state index in [4.69, 9.17) is 5.10 Å². The van der Waals surface area contributed by atoms with Crippen molar-refractivity contribution in [3.63, 3.8) is 0 Å². The van der Waals surface area contributed by atoms with Gasteiger partial charge in [-0.15, -0.1) is 0 Å². The average molecular weight is 492 g/mol. The van der Waals surface area contributed by atoms with Crippen molar-refractivity contribution in [3.05, 3.63) is 96.0 Å². The fourth-order valence-electron chi connectivity index (χ4n) is 6.31. The van der Waals surface area contributed by atoms with Crippen LogP contribution in [0.3, 0.4) is 0 Å². The second kappa shape index (κ2) is 8.75. The molecule has 2 aromatic carbocycles. The number of benzene rings is 2. The zero-order valence-electron chi connectivity index (χ0n) is 20.6. The molecule has 6 nitrogen and oxygen atoms in total. The van der Waals surface area contributed by atoms with Crippen LogP contribution in [-0.2, 0) is 11.8 Å². The lowest BCUT2D eigenvalue weighted by atomic mass is 9.57. The second-order valence-electron chi connectivity index (χ2n) is 10.2. The number of nitriles is 1. The zero-order chi connectivity index (χ0) is 25.7. The van der Waals surface area contributed by atoms with Crippen molar-refractivity contribution in [1.29, 1.82) is 5.26 Å². The normalized spacial score (nSPS) is 24.5. The summed E-state index contributed by atoms with van der Waals surface area (Å²) in [7, 11) is 0. The highest BCUT2D eigenvalue weighted by Gasteiger charge is 2.50. The monoisotopic (exact) mass is 491 g/mol. The standard InChI is InChI=1S/C30H26FN5O/c1-18-25-12-11-24-27(23-5-3-4-6-26(23)31)35-36(29(24)30(25,2)13-20(14-32)28(18)37)22-9-7-19(8-10-22)21-15-33-17-34-16-21/h3-10,13,15-18,25,28,37H,11-12H2,1-2H3/t18-,25-,28?,30-/m1/s1. The minimum atomic E-state index is -0.792. The highest BCUT2D eigenvalue weighted by molar-refractivity contribution is 5.69. The maximum Gasteiger partial charge on any atom is 0.132 e. The van der Waals surface area contributed by atoms with Gasteiger partial charge in [0, 0.05) is 34.5 Å². The molecule has 0 amide bonds. The number of hydrogen-bond donors (Lipinski definition) is 1. The first kappa shape index (κ1) is 23.3. The van der Waals surface area contributed by atoms with E-state index in [2.05, 4.69) is 23.0 Å². The van der Waals surface area contributed by atoms with Crippen LogP contribution in [0.1, 0.15) is 31.5 Å². The van der Waals surface area contributed by atoms with Crippen LogP contribution in [0.2, 0.25) is 0 Å². The van der Waals surface area contributed by atoms with E-state index >= 15 is 4.39 Å². The van der Waals surface area contributed by atoms with Crippen molar-refractivity contribution in [2.24, 2.45) is 11.8 Å². The lowest BCUT2D eigenvalue weighted by molar-refractivity contribution is 0.0664. The molecule has 1 N–H and O–H groups in total. The quantitative estimate of drug-likeness (QED) is 0.414. The number of aliphatic hydroxyl groups is 1. The molecule has 0 aliphatic heterocycles. The molecule has 7 heteroatoms. The number of allylic oxidation sites excluding steroid dienone is 1. The lowest BCUT2D eigenvalue weighted by Crippen LogP contribution is -2.47. The van der Waals surface area contributed by atoms with Gasteiger partial charge in [-0.1, -0.05) is 44.2 Å². The predicted octanol–water partition coefficient (Wildman–Crippen LogP) is 5.42. The Kier molecular flexibility index (Phi) is 5.50. The van der Waals surface area contributed by atoms with Crippen LogP contribution < -0.4 is 0 Å². The summed E-state index contributed by atoms with van der Waals surface area (Å²) in [6, 6.07) is 16.9. The van der Waals surface area contributed by atoms with Crippen LogP contribution >= 0.6 is 0 Å². The summed E-state index contributed by atoms with van der Waals surface area (Å²) in [6.07, 6.45) is 7.69. The van der Waals surface area contributed by atoms with Crippen LogP contribution in [0.4, 0.5) is 4.39 Å². The third-order valence-electron chi connectivity index (χ3n) is 8.14. The van der Waals surface area contributed by atoms with Gasteiger partial charge in [-0.25, -0.2) is 19.0 Å². The molecule has 2 heterocycles. The molecule has 37 heavy (non-hydrogen) atoms. The minimum Gasteiger partial charge on any atom is -0.387 e. The first-order chi connectivity index (χ1) is 17.9. The molecular formula is C30H26FN5O. The predicted molar refractivity (Wildman–Crippen MR) is 138 cm³/mol. The van der Waals surface area contributed by atoms with Gasteiger partial charge in [-0.2, -0.15) is 10.4 Å². The van der Waals surface area contributed by atoms with E-state index in [1.54, 1.807) is 24.5 Å². The molecule has 0 radical (unpaired) electrons. The van der Waals surface area contributed by atoms with E-state index in [1.165, 1.54) is 12.4 Å². The second-order valence-corrected chi connectivity index (χ2v) is 10.2. The number of nitrogens with zero attached hydrogens (tertiary/aromatic N) is 5. The topological polar surface area (TPSA) is 87.6 Å². The number of aliphatic hydroxyl groups excluding tert-OH is 1. The Bertz CT molecular complexity index is 1550. The van der Waals surface area contributed by atoms with Crippen molar-refractivity contribution in [2.75, 3.05) is 0 Å². The summed E-state index contributed by atoms with van der Waals surface area (Å²) < 4.78 is 16.9. The van der Waals surface area contributed by atoms with Crippen molar-refractivity contribution in [1.82, 2.24) is 19.7 Å². The molecule has 0 spiro atoms. The molecule has 184 valence electrons. The van der Waals surface area contributed by atoms with Crippen molar-refractivity contribution in [3.8, 4) is 34.1 Å². The van der Waals surface area contributed by atoms with Gasteiger partial charge in [0.05, 0.1) is 34.8 Å². The lowest BCUT2D eigenvalue weighted by Gasteiger charge is -2.47. The summed E-state index contributed by atoms with van der Waals surface area (Å²) in [5.41, 5.74) is 5.57. The highest BCUT2D eigenvalue weighted by Crippen LogP contribution is 2.53. The molecule has 0 fully saturated rings. The van der Waals surface area contributed by atoms with E-state index in [0.29, 0.717) is 23.3 Å². The van der Waals surface area contributed by atoms with E-state index in [1.807, 2.05) is 48.0 Å². The molecule has 4 atom stereocenters. The van der Waals surface area contributed by atoms with E-state index in [9.17, 15) is 10.4 Å². The van der Waals surface area contributed by atoms with Gasteiger partial charge in [0.25, 0.3) is 0 Å². The molecule has 0 bridgehead atoms. The molecule has 6 rings (SSSR count). The first-order valence-electron chi connectivity index (χ1n) is 12.5. The van der Waals surface area contributed by atoms with Gasteiger partial charge in [0.2, 0.25) is 0 Å². The van der Waals surface area contributed by atoms with Gasteiger partial charge in [-0.3, -0.25) is 0 Å². The van der Waals surface area contributed by atoms with Gasteiger partial charge >= 0.3 is 0 Å².